The number of aryl methyl sites for hydroxylation is 1. The molecule has 0 radical (unpaired) electrons. The van der Waals surface area contributed by atoms with E-state index in [9.17, 15) is 0 Å². The fraction of sp³-hybridized carbons (Fsp3) is 0.650. The van der Waals surface area contributed by atoms with Crippen molar-refractivity contribution in [1.82, 2.24) is 30.3 Å². The zero-order valence-corrected chi connectivity index (χ0v) is 20.6. The zero-order valence-electron chi connectivity index (χ0n) is 17.5. The normalized spacial score (nSPS) is 17.0. The van der Waals surface area contributed by atoms with E-state index in [-0.39, 0.29) is 24.0 Å². The van der Waals surface area contributed by atoms with E-state index in [1.165, 1.54) is 30.8 Å². The van der Waals surface area contributed by atoms with E-state index in [2.05, 4.69) is 55.2 Å². The van der Waals surface area contributed by atoms with Crippen LogP contribution in [0.4, 0.5) is 0 Å². The van der Waals surface area contributed by atoms with Crippen LogP contribution in [0.15, 0.2) is 35.2 Å². The summed E-state index contributed by atoms with van der Waals surface area (Å²) in [6, 6.07) is 4.83. The largest absolute Gasteiger partial charge is 0.356 e. The first kappa shape index (κ1) is 24.1. The summed E-state index contributed by atoms with van der Waals surface area (Å²) in [6.45, 7) is 7.47. The lowest BCUT2D eigenvalue weighted by molar-refractivity contribution is 0.140. The van der Waals surface area contributed by atoms with Gasteiger partial charge in [-0.05, 0) is 56.1 Å². The molecule has 1 saturated heterocycles. The number of unbranched alkanes of at least 4 members (excludes halogenated alkanes) is 1. The molecular weight excluding hydrogens is 497 g/mol. The molecule has 0 aromatic carbocycles. The second kappa shape index (κ2) is 13.2. The van der Waals surface area contributed by atoms with Gasteiger partial charge >= 0.3 is 0 Å². The van der Waals surface area contributed by atoms with Crippen LogP contribution in [-0.2, 0) is 6.54 Å². The molecule has 1 aliphatic rings. The highest BCUT2D eigenvalue weighted by atomic mass is 127. The van der Waals surface area contributed by atoms with E-state index in [1.807, 2.05) is 23.0 Å². The van der Waals surface area contributed by atoms with Gasteiger partial charge in [0.25, 0.3) is 0 Å². The second-order valence-electron chi connectivity index (χ2n) is 7.54. The number of hydrogen-bond acceptors (Lipinski definition) is 5. The van der Waals surface area contributed by atoms with Crippen molar-refractivity contribution in [3.8, 4) is 0 Å². The minimum absolute atomic E-state index is 0. The van der Waals surface area contributed by atoms with Gasteiger partial charge in [-0.1, -0.05) is 13.0 Å². The van der Waals surface area contributed by atoms with Gasteiger partial charge in [-0.2, -0.15) is 0 Å². The summed E-state index contributed by atoms with van der Waals surface area (Å²) >= 11 is 1.85. The molecule has 2 N–H and O–H groups in total. The average Bonchev–Trinajstić information content (AvgIpc) is 3.42. The number of piperidine rings is 1. The fourth-order valence-electron chi connectivity index (χ4n) is 3.61. The Morgan fingerprint density at radius 3 is 2.66 bits per heavy atom. The van der Waals surface area contributed by atoms with Gasteiger partial charge < -0.3 is 15.2 Å². The van der Waals surface area contributed by atoms with E-state index >= 15 is 0 Å². The Labute approximate surface area is 195 Å². The molecule has 0 amide bonds. The van der Waals surface area contributed by atoms with Gasteiger partial charge in [0.1, 0.15) is 12.7 Å². The van der Waals surface area contributed by atoms with Crippen molar-refractivity contribution in [1.29, 1.82) is 0 Å². The van der Waals surface area contributed by atoms with E-state index in [4.69, 9.17) is 0 Å². The quantitative estimate of drug-likeness (QED) is 0.225. The number of likely N-dealkylation sites (tertiary alicyclic amines) is 1. The minimum atomic E-state index is 0. The summed E-state index contributed by atoms with van der Waals surface area (Å²) in [4.78, 5) is 8.47. The molecule has 9 heteroatoms. The standard InChI is InChI=1S/C20H33N7S.HI/c1-17-7-11-27(12-8-17)18(19-6-5-13-28-19)14-23-20(21-2)22-9-3-4-10-26-15-24-25-16-26;/h5-6,13,15-18H,3-4,7-12,14H2,1-2H3,(H2,21,22,23);1H. The van der Waals surface area contributed by atoms with Gasteiger partial charge in [0.15, 0.2) is 5.96 Å². The fourth-order valence-corrected chi connectivity index (χ4v) is 4.47. The third-order valence-electron chi connectivity index (χ3n) is 5.42. The van der Waals surface area contributed by atoms with Crippen molar-refractivity contribution in [2.75, 3.05) is 33.2 Å². The van der Waals surface area contributed by atoms with Crippen molar-refractivity contribution < 1.29 is 0 Å². The summed E-state index contributed by atoms with van der Waals surface area (Å²) in [5.41, 5.74) is 0. The molecule has 1 fully saturated rings. The minimum Gasteiger partial charge on any atom is -0.356 e. The lowest BCUT2D eigenvalue weighted by atomic mass is 9.97. The van der Waals surface area contributed by atoms with E-state index in [0.29, 0.717) is 6.04 Å². The van der Waals surface area contributed by atoms with Crippen molar-refractivity contribution in [3.05, 3.63) is 35.0 Å². The number of hydrogen-bond donors (Lipinski definition) is 2. The van der Waals surface area contributed by atoms with Gasteiger partial charge in [-0.25, -0.2) is 0 Å². The molecule has 2 aromatic rings. The Bertz CT molecular complexity index is 682. The molecule has 0 spiro atoms. The lowest BCUT2D eigenvalue weighted by Gasteiger charge is -2.36. The smallest absolute Gasteiger partial charge is 0.191 e. The van der Waals surface area contributed by atoms with Crippen molar-refractivity contribution >= 4 is 41.3 Å². The first-order valence-corrected chi connectivity index (χ1v) is 11.2. The maximum absolute atomic E-state index is 4.40. The SMILES string of the molecule is CN=C(NCCCCn1cnnc1)NCC(c1cccs1)N1CCC(C)CC1.I. The molecule has 0 bridgehead atoms. The van der Waals surface area contributed by atoms with Gasteiger partial charge in [0, 0.05) is 31.6 Å². The molecule has 162 valence electrons. The second-order valence-corrected chi connectivity index (χ2v) is 8.52. The molecule has 7 nitrogen and oxygen atoms in total. The van der Waals surface area contributed by atoms with Crippen LogP contribution in [0.1, 0.15) is 43.5 Å². The van der Waals surface area contributed by atoms with Crippen LogP contribution in [0, 0.1) is 5.92 Å². The summed E-state index contributed by atoms with van der Waals surface area (Å²) < 4.78 is 2.01. The van der Waals surface area contributed by atoms with Crippen LogP contribution in [0.3, 0.4) is 0 Å². The van der Waals surface area contributed by atoms with Crippen LogP contribution in [0.2, 0.25) is 0 Å². The molecule has 2 aromatic heterocycles. The number of halogens is 1. The first-order valence-electron chi connectivity index (χ1n) is 10.3. The number of aliphatic imine (C=N–C) groups is 1. The maximum Gasteiger partial charge on any atom is 0.191 e. The number of guanidine groups is 1. The molecular formula is C20H34IN7S. The summed E-state index contributed by atoms with van der Waals surface area (Å²) in [6.07, 6.45) is 8.28. The highest BCUT2D eigenvalue weighted by molar-refractivity contribution is 14.0. The van der Waals surface area contributed by atoms with Crippen LogP contribution in [0.25, 0.3) is 0 Å². The number of nitrogens with one attached hydrogen (secondary N) is 2. The van der Waals surface area contributed by atoms with Gasteiger partial charge in [-0.3, -0.25) is 9.89 Å². The number of rotatable bonds is 9. The molecule has 0 aliphatic carbocycles. The first-order chi connectivity index (χ1) is 13.8. The van der Waals surface area contributed by atoms with Crippen LogP contribution >= 0.6 is 35.3 Å². The average molecular weight is 532 g/mol. The third kappa shape index (κ3) is 7.86. The highest BCUT2D eigenvalue weighted by Crippen LogP contribution is 2.28. The van der Waals surface area contributed by atoms with E-state index in [1.54, 1.807) is 12.7 Å². The Morgan fingerprint density at radius 1 is 1.24 bits per heavy atom. The molecule has 1 atom stereocenters. The predicted octanol–water partition coefficient (Wildman–Crippen LogP) is 3.38. The van der Waals surface area contributed by atoms with E-state index in [0.717, 1.165) is 44.4 Å². The van der Waals surface area contributed by atoms with Crippen LogP contribution < -0.4 is 10.6 Å². The van der Waals surface area contributed by atoms with Crippen molar-refractivity contribution in [3.63, 3.8) is 0 Å². The van der Waals surface area contributed by atoms with Gasteiger partial charge in [-0.15, -0.1) is 45.5 Å². The monoisotopic (exact) mass is 531 g/mol. The van der Waals surface area contributed by atoms with E-state index < -0.39 is 0 Å². The van der Waals surface area contributed by atoms with Crippen LogP contribution in [-0.4, -0.2) is 58.9 Å². The van der Waals surface area contributed by atoms with Crippen molar-refractivity contribution in [2.45, 2.75) is 45.2 Å². The zero-order chi connectivity index (χ0) is 19.6. The Morgan fingerprint density at radius 2 is 2.00 bits per heavy atom. The number of thiophene rings is 1. The predicted molar refractivity (Wildman–Crippen MR) is 131 cm³/mol. The molecule has 3 rings (SSSR count). The third-order valence-corrected chi connectivity index (χ3v) is 6.39. The molecule has 3 heterocycles. The Balaban J connectivity index is 0.00000300. The van der Waals surface area contributed by atoms with Gasteiger partial charge in [0.05, 0.1) is 6.04 Å². The van der Waals surface area contributed by atoms with Crippen molar-refractivity contribution in [2.24, 2.45) is 10.9 Å². The Kier molecular flexibility index (Phi) is 10.9. The van der Waals surface area contributed by atoms with Gasteiger partial charge in [0.2, 0.25) is 0 Å². The number of nitrogens with zero attached hydrogens (tertiary/aromatic N) is 5. The summed E-state index contributed by atoms with van der Waals surface area (Å²) in [5, 5.41) is 16.8. The number of aromatic nitrogens is 3. The summed E-state index contributed by atoms with van der Waals surface area (Å²) in [5.74, 6) is 1.73. The topological polar surface area (TPSA) is 70.4 Å². The molecule has 0 saturated carbocycles. The molecule has 29 heavy (non-hydrogen) atoms. The Hall–Kier alpha value is -1.20. The molecule has 1 unspecified atom stereocenters. The van der Waals surface area contributed by atoms with Crippen LogP contribution in [0.5, 0.6) is 0 Å². The maximum atomic E-state index is 4.40. The highest BCUT2D eigenvalue weighted by Gasteiger charge is 2.25. The molecule has 1 aliphatic heterocycles. The summed E-state index contributed by atoms with van der Waals surface area (Å²) in [7, 11) is 1.84. The lowest BCUT2D eigenvalue weighted by Crippen LogP contribution is -2.45.